The van der Waals surface area contributed by atoms with Gasteiger partial charge in [-0.3, -0.25) is 14.6 Å². The number of rotatable bonds is 4. The molecule has 18 heavy (non-hydrogen) atoms. The van der Waals surface area contributed by atoms with Crippen LogP contribution in [0.1, 0.15) is 24.2 Å². The average Bonchev–Trinajstić information content (AvgIpc) is 2.37. The zero-order chi connectivity index (χ0) is 13.7. The van der Waals surface area contributed by atoms with Gasteiger partial charge in [-0.1, -0.05) is 11.6 Å². The third kappa shape index (κ3) is 3.43. The summed E-state index contributed by atoms with van der Waals surface area (Å²) < 4.78 is 0. The Kier molecular flexibility index (Phi) is 5.09. The average molecular weight is 270 g/mol. The molecule has 1 aromatic rings. The second kappa shape index (κ2) is 6.35. The highest BCUT2D eigenvalue weighted by molar-refractivity contribution is 6.33. The topological polar surface area (TPSA) is 62.3 Å². The van der Waals surface area contributed by atoms with Crippen molar-refractivity contribution in [2.45, 2.75) is 19.9 Å². The highest BCUT2D eigenvalue weighted by Gasteiger charge is 2.20. The maximum atomic E-state index is 11.9. The van der Waals surface area contributed by atoms with Crippen molar-refractivity contribution in [1.82, 2.24) is 15.2 Å². The van der Waals surface area contributed by atoms with Crippen molar-refractivity contribution in [1.29, 1.82) is 0 Å². The van der Waals surface area contributed by atoms with Crippen molar-refractivity contribution in [3.05, 3.63) is 29.0 Å². The highest BCUT2D eigenvalue weighted by Crippen LogP contribution is 2.13. The smallest absolute Gasteiger partial charge is 0.253 e. The van der Waals surface area contributed by atoms with Gasteiger partial charge < -0.3 is 10.2 Å². The van der Waals surface area contributed by atoms with Crippen molar-refractivity contribution >= 4 is 23.4 Å². The van der Waals surface area contributed by atoms with E-state index in [4.69, 9.17) is 11.6 Å². The molecule has 0 saturated carbocycles. The van der Waals surface area contributed by atoms with Crippen LogP contribution in [0, 0.1) is 0 Å². The van der Waals surface area contributed by atoms with E-state index >= 15 is 0 Å². The van der Waals surface area contributed by atoms with E-state index in [0.717, 1.165) is 0 Å². The maximum Gasteiger partial charge on any atom is 0.253 e. The number of halogens is 1. The second-order valence-corrected chi connectivity index (χ2v) is 4.31. The van der Waals surface area contributed by atoms with Gasteiger partial charge in [0.2, 0.25) is 5.91 Å². The zero-order valence-electron chi connectivity index (χ0n) is 10.6. The minimum absolute atomic E-state index is 0.143. The number of likely N-dealkylation sites (N-methyl/N-ethyl adjacent to an activating group) is 1. The van der Waals surface area contributed by atoms with Crippen LogP contribution in [0.15, 0.2) is 18.5 Å². The molecule has 0 aliphatic carbocycles. The standard InChI is InChI=1S/C12H16ClN3O2/c1-4-16(3)12(18)8(2)15-11(17)9-5-6-14-7-10(9)13/h5-8H,4H2,1-3H3,(H,15,17). The lowest BCUT2D eigenvalue weighted by Crippen LogP contribution is -2.45. The molecule has 6 heteroatoms. The van der Waals surface area contributed by atoms with Gasteiger partial charge in [0.25, 0.3) is 5.91 Å². The molecule has 2 amide bonds. The van der Waals surface area contributed by atoms with Gasteiger partial charge in [-0.2, -0.15) is 0 Å². The number of carbonyl (C=O) groups is 2. The van der Waals surface area contributed by atoms with Crippen LogP contribution in [0.2, 0.25) is 5.02 Å². The van der Waals surface area contributed by atoms with E-state index in [2.05, 4.69) is 10.3 Å². The molecule has 1 atom stereocenters. The minimum Gasteiger partial charge on any atom is -0.344 e. The molecule has 0 aliphatic heterocycles. The van der Waals surface area contributed by atoms with E-state index in [1.807, 2.05) is 6.92 Å². The molecule has 0 spiro atoms. The van der Waals surface area contributed by atoms with Crippen LogP contribution in [0.4, 0.5) is 0 Å². The van der Waals surface area contributed by atoms with Gasteiger partial charge in [-0.15, -0.1) is 0 Å². The number of carbonyl (C=O) groups excluding carboxylic acids is 2. The summed E-state index contributed by atoms with van der Waals surface area (Å²) in [5, 5.41) is 2.87. The first-order chi connectivity index (χ1) is 8.47. The molecule has 1 rings (SSSR count). The number of nitrogens with one attached hydrogen (secondary N) is 1. The lowest BCUT2D eigenvalue weighted by molar-refractivity contribution is -0.131. The van der Waals surface area contributed by atoms with Crippen LogP contribution in [0.3, 0.4) is 0 Å². The van der Waals surface area contributed by atoms with E-state index in [9.17, 15) is 9.59 Å². The molecule has 1 aromatic heterocycles. The first-order valence-corrected chi connectivity index (χ1v) is 6.00. The Bertz CT molecular complexity index is 451. The number of aromatic nitrogens is 1. The fraction of sp³-hybridized carbons (Fsp3) is 0.417. The van der Waals surface area contributed by atoms with Crippen molar-refractivity contribution in [2.75, 3.05) is 13.6 Å². The Morgan fingerprint density at radius 3 is 2.78 bits per heavy atom. The Morgan fingerprint density at radius 1 is 1.56 bits per heavy atom. The number of amides is 2. The highest BCUT2D eigenvalue weighted by atomic mass is 35.5. The summed E-state index contributed by atoms with van der Waals surface area (Å²) >= 11 is 5.85. The first-order valence-electron chi connectivity index (χ1n) is 5.62. The maximum absolute atomic E-state index is 11.9. The third-order valence-electron chi connectivity index (χ3n) is 2.59. The summed E-state index contributed by atoms with van der Waals surface area (Å²) in [4.78, 5) is 29.0. The van der Waals surface area contributed by atoms with Gasteiger partial charge in [0.1, 0.15) is 6.04 Å². The molecular formula is C12H16ClN3O2. The van der Waals surface area contributed by atoms with Gasteiger partial charge in [0.05, 0.1) is 10.6 Å². The van der Waals surface area contributed by atoms with Gasteiger partial charge in [0.15, 0.2) is 0 Å². The quantitative estimate of drug-likeness (QED) is 0.897. The lowest BCUT2D eigenvalue weighted by atomic mass is 10.2. The second-order valence-electron chi connectivity index (χ2n) is 3.90. The van der Waals surface area contributed by atoms with Crippen LogP contribution in [0.5, 0.6) is 0 Å². The lowest BCUT2D eigenvalue weighted by Gasteiger charge is -2.20. The molecule has 0 aromatic carbocycles. The van der Waals surface area contributed by atoms with Crippen molar-refractivity contribution in [3.63, 3.8) is 0 Å². The fourth-order valence-electron chi connectivity index (χ4n) is 1.38. The van der Waals surface area contributed by atoms with Crippen LogP contribution in [-0.4, -0.2) is 41.3 Å². The van der Waals surface area contributed by atoms with Crippen molar-refractivity contribution in [3.8, 4) is 0 Å². The molecule has 98 valence electrons. The predicted molar refractivity (Wildman–Crippen MR) is 69.5 cm³/mol. The first kappa shape index (κ1) is 14.4. The van der Waals surface area contributed by atoms with Gasteiger partial charge >= 0.3 is 0 Å². The number of hydrogen-bond donors (Lipinski definition) is 1. The van der Waals surface area contributed by atoms with Gasteiger partial charge in [0, 0.05) is 26.0 Å². The summed E-state index contributed by atoms with van der Waals surface area (Å²) in [6, 6.07) is 0.921. The Hall–Kier alpha value is -1.62. The monoisotopic (exact) mass is 269 g/mol. The van der Waals surface area contributed by atoms with E-state index in [1.165, 1.54) is 18.5 Å². The summed E-state index contributed by atoms with van der Waals surface area (Å²) in [5.74, 6) is -0.524. The van der Waals surface area contributed by atoms with Crippen LogP contribution in [-0.2, 0) is 4.79 Å². The SMILES string of the molecule is CCN(C)C(=O)C(C)NC(=O)c1ccncc1Cl. The fourth-order valence-corrected chi connectivity index (χ4v) is 1.59. The molecule has 0 radical (unpaired) electrons. The van der Waals surface area contributed by atoms with Crippen molar-refractivity contribution in [2.24, 2.45) is 0 Å². The summed E-state index contributed by atoms with van der Waals surface area (Å²) in [7, 11) is 1.68. The zero-order valence-corrected chi connectivity index (χ0v) is 11.4. The molecule has 0 bridgehead atoms. The van der Waals surface area contributed by atoms with Gasteiger partial charge in [-0.05, 0) is 19.9 Å². The normalized spacial score (nSPS) is 11.8. The van der Waals surface area contributed by atoms with Crippen molar-refractivity contribution < 1.29 is 9.59 Å². The summed E-state index contributed by atoms with van der Waals surface area (Å²) in [6.45, 7) is 4.10. The van der Waals surface area contributed by atoms with E-state index < -0.39 is 6.04 Å². The summed E-state index contributed by atoms with van der Waals surface area (Å²) in [5.41, 5.74) is 0.311. The van der Waals surface area contributed by atoms with Crippen LogP contribution < -0.4 is 5.32 Å². The van der Waals surface area contributed by atoms with Crippen LogP contribution >= 0.6 is 11.6 Å². The molecule has 5 nitrogen and oxygen atoms in total. The molecule has 0 saturated heterocycles. The Balaban J connectivity index is 2.71. The number of hydrogen-bond acceptors (Lipinski definition) is 3. The third-order valence-corrected chi connectivity index (χ3v) is 2.89. The summed E-state index contributed by atoms with van der Waals surface area (Å²) in [6.07, 6.45) is 2.87. The molecule has 1 N–H and O–H groups in total. The molecule has 0 aliphatic rings. The Morgan fingerprint density at radius 2 is 2.22 bits per heavy atom. The van der Waals surface area contributed by atoms with E-state index in [1.54, 1.807) is 18.9 Å². The molecular weight excluding hydrogens is 254 g/mol. The molecule has 0 fully saturated rings. The van der Waals surface area contributed by atoms with Crippen LogP contribution in [0.25, 0.3) is 0 Å². The predicted octanol–water partition coefficient (Wildman–Crippen LogP) is 1.33. The number of nitrogens with zero attached hydrogens (tertiary/aromatic N) is 2. The van der Waals surface area contributed by atoms with E-state index in [0.29, 0.717) is 12.1 Å². The Labute approximate surface area is 111 Å². The molecule has 1 heterocycles. The van der Waals surface area contributed by atoms with Gasteiger partial charge in [-0.25, -0.2) is 0 Å². The molecule has 1 unspecified atom stereocenters. The number of pyridine rings is 1. The largest absolute Gasteiger partial charge is 0.344 e. The van der Waals surface area contributed by atoms with E-state index in [-0.39, 0.29) is 16.8 Å². The minimum atomic E-state index is -0.591.